The molecule has 0 amide bonds. The van der Waals surface area contributed by atoms with Crippen LogP contribution in [0, 0.1) is 5.92 Å². The first-order chi connectivity index (χ1) is 5.85. The highest BCUT2D eigenvalue weighted by Gasteiger charge is 2.11. The Morgan fingerprint density at radius 2 is 2.15 bits per heavy atom. The fourth-order valence-corrected chi connectivity index (χ4v) is 1.98. The average Bonchev–Trinajstić information content (AvgIpc) is 1.97. The van der Waals surface area contributed by atoms with Gasteiger partial charge in [-0.15, -0.1) is 0 Å². The molecule has 0 radical (unpaired) electrons. The van der Waals surface area contributed by atoms with Crippen LogP contribution in [0.5, 0.6) is 0 Å². The Morgan fingerprint density at radius 3 is 2.54 bits per heavy atom. The van der Waals surface area contributed by atoms with Gasteiger partial charge >= 0.3 is 5.97 Å². The molecule has 0 aliphatic carbocycles. The number of hydrogen-bond acceptors (Lipinski definition) is 4. The topological polar surface area (TPSA) is 60.4 Å². The van der Waals surface area contributed by atoms with E-state index in [-0.39, 0.29) is 18.3 Å². The molecule has 0 fully saturated rings. The molecule has 0 N–H and O–H groups in total. The highest BCUT2D eigenvalue weighted by molar-refractivity contribution is 7.90. The predicted molar refractivity (Wildman–Crippen MR) is 50.0 cm³/mol. The zero-order chi connectivity index (χ0) is 10.5. The van der Waals surface area contributed by atoms with Gasteiger partial charge < -0.3 is 4.74 Å². The lowest BCUT2D eigenvalue weighted by atomic mass is 10.2. The Kier molecular flexibility index (Phi) is 4.69. The number of esters is 1. The fraction of sp³-hybridized carbons (Fsp3) is 0.625. The van der Waals surface area contributed by atoms with Gasteiger partial charge in [0.2, 0.25) is 0 Å². The second-order valence-corrected chi connectivity index (χ2v) is 5.22. The van der Waals surface area contributed by atoms with Crippen molar-refractivity contribution in [2.75, 3.05) is 18.6 Å². The van der Waals surface area contributed by atoms with Crippen molar-refractivity contribution in [3.8, 4) is 0 Å². The molecular formula is C8H14O4S. The predicted octanol–water partition coefficient (Wildman–Crippen LogP) is 0.396. The van der Waals surface area contributed by atoms with Crippen molar-refractivity contribution in [3.05, 3.63) is 12.7 Å². The van der Waals surface area contributed by atoms with Crippen LogP contribution in [0.4, 0.5) is 0 Å². The van der Waals surface area contributed by atoms with Crippen molar-refractivity contribution < 1.29 is 17.9 Å². The maximum atomic E-state index is 10.8. The maximum Gasteiger partial charge on any atom is 0.330 e. The Morgan fingerprint density at radius 1 is 1.62 bits per heavy atom. The molecule has 0 aliphatic heterocycles. The van der Waals surface area contributed by atoms with E-state index in [0.717, 1.165) is 12.3 Å². The van der Waals surface area contributed by atoms with E-state index in [1.54, 1.807) is 6.92 Å². The van der Waals surface area contributed by atoms with Gasteiger partial charge in [0, 0.05) is 18.2 Å². The fourth-order valence-electron chi connectivity index (χ4n) is 0.848. The highest BCUT2D eigenvalue weighted by atomic mass is 32.2. The lowest BCUT2D eigenvalue weighted by molar-refractivity contribution is -0.138. The summed E-state index contributed by atoms with van der Waals surface area (Å²) in [6.45, 7) is 5.04. The first-order valence-electron chi connectivity index (χ1n) is 3.82. The van der Waals surface area contributed by atoms with E-state index >= 15 is 0 Å². The van der Waals surface area contributed by atoms with Crippen LogP contribution in [0.1, 0.15) is 6.92 Å². The molecule has 0 spiro atoms. The van der Waals surface area contributed by atoms with E-state index in [9.17, 15) is 13.2 Å². The van der Waals surface area contributed by atoms with Gasteiger partial charge in [0.1, 0.15) is 9.84 Å². The largest absolute Gasteiger partial charge is 0.462 e. The van der Waals surface area contributed by atoms with Crippen LogP contribution >= 0.6 is 0 Å². The first-order valence-corrected chi connectivity index (χ1v) is 5.88. The number of rotatable bonds is 5. The van der Waals surface area contributed by atoms with Crippen LogP contribution in [-0.2, 0) is 19.4 Å². The van der Waals surface area contributed by atoms with Crippen LogP contribution in [0.25, 0.3) is 0 Å². The summed E-state index contributed by atoms with van der Waals surface area (Å²) in [7, 11) is -3.00. The minimum absolute atomic E-state index is 0.0252. The van der Waals surface area contributed by atoms with Crippen molar-refractivity contribution in [1.29, 1.82) is 0 Å². The summed E-state index contributed by atoms with van der Waals surface area (Å²) in [5.41, 5.74) is 0. The Bertz CT molecular complexity index is 279. The van der Waals surface area contributed by atoms with Gasteiger partial charge in [-0.1, -0.05) is 13.5 Å². The van der Waals surface area contributed by atoms with Crippen molar-refractivity contribution in [1.82, 2.24) is 0 Å². The third-order valence-electron chi connectivity index (χ3n) is 1.26. The third-order valence-corrected chi connectivity index (χ3v) is 2.44. The third kappa shape index (κ3) is 7.52. The minimum atomic E-state index is -3.00. The molecule has 0 aromatic carbocycles. The smallest absolute Gasteiger partial charge is 0.330 e. The normalized spacial score (nSPS) is 13.4. The molecule has 0 rings (SSSR count). The van der Waals surface area contributed by atoms with Gasteiger partial charge in [0.05, 0.1) is 12.4 Å². The minimum Gasteiger partial charge on any atom is -0.462 e. The van der Waals surface area contributed by atoms with Crippen LogP contribution in [-0.4, -0.2) is 33.0 Å². The second-order valence-electron chi connectivity index (χ2n) is 3.03. The van der Waals surface area contributed by atoms with E-state index in [1.165, 1.54) is 0 Å². The first kappa shape index (κ1) is 12.2. The number of ether oxygens (including phenoxy) is 1. The lowest BCUT2D eigenvalue weighted by Crippen LogP contribution is -2.18. The summed E-state index contributed by atoms with van der Waals surface area (Å²) in [4.78, 5) is 10.6. The molecule has 0 aromatic rings. The summed E-state index contributed by atoms with van der Waals surface area (Å²) in [6, 6.07) is 0. The summed E-state index contributed by atoms with van der Waals surface area (Å²) < 4.78 is 26.3. The average molecular weight is 206 g/mol. The summed E-state index contributed by atoms with van der Waals surface area (Å²) in [5, 5.41) is 0. The Balaban J connectivity index is 3.83. The monoisotopic (exact) mass is 206 g/mol. The molecule has 13 heavy (non-hydrogen) atoms. The van der Waals surface area contributed by atoms with E-state index < -0.39 is 15.8 Å². The molecule has 76 valence electrons. The Hall–Kier alpha value is -0.840. The highest BCUT2D eigenvalue weighted by Crippen LogP contribution is 2.00. The van der Waals surface area contributed by atoms with E-state index in [1.807, 2.05) is 0 Å². The van der Waals surface area contributed by atoms with Crippen LogP contribution in [0.15, 0.2) is 12.7 Å². The molecule has 1 unspecified atom stereocenters. The summed E-state index contributed by atoms with van der Waals surface area (Å²) >= 11 is 0. The van der Waals surface area contributed by atoms with Crippen LogP contribution in [0.3, 0.4) is 0 Å². The van der Waals surface area contributed by atoms with E-state index in [2.05, 4.69) is 11.3 Å². The standard InChI is InChI=1S/C8H14O4S/c1-4-8(9)12-5-7(2)6-13(3,10)11/h4,7H,1,5-6H2,2-3H3. The summed E-state index contributed by atoms with van der Waals surface area (Å²) in [5.74, 6) is -0.684. The number of carbonyl (C=O) groups is 1. The molecule has 5 heteroatoms. The molecule has 0 heterocycles. The molecule has 0 bridgehead atoms. The van der Waals surface area contributed by atoms with E-state index in [4.69, 9.17) is 0 Å². The molecular weight excluding hydrogens is 192 g/mol. The van der Waals surface area contributed by atoms with Crippen molar-refractivity contribution in [2.45, 2.75) is 6.92 Å². The van der Waals surface area contributed by atoms with Gasteiger partial charge in [0.15, 0.2) is 0 Å². The molecule has 0 saturated carbocycles. The SMILES string of the molecule is C=CC(=O)OCC(C)CS(C)(=O)=O. The summed E-state index contributed by atoms with van der Waals surface area (Å²) in [6.07, 6.45) is 2.20. The lowest BCUT2D eigenvalue weighted by Gasteiger charge is -2.09. The number of sulfone groups is 1. The van der Waals surface area contributed by atoms with Crippen molar-refractivity contribution >= 4 is 15.8 Å². The number of hydrogen-bond donors (Lipinski definition) is 0. The molecule has 4 nitrogen and oxygen atoms in total. The van der Waals surface area contributed by atoms with Gasteiger partial charge in [-0.25, -0.2) is 13.2 Å². The zero-order valence-corrected chi connectivity index (χ0v) is 8.63. The molecule has 1 atom stereocenters. The second kappa shape index (κ2) is 5.01. The van der Waals surface area contributed by atoms with Crippen LogP contribution < -0.4 is 0 Å². The van der Waals surface area contributed by atoms with Gasteiger partial charge in [-0.3, -0.25) is 0 Å². The molecule has 0 aromatic heterocycles. The Labute approximate surface area is 78.5 Å². The van der Waals surface area contributed by atoms with Crippen molar-refractivity contribution in [2.24, 2.45) is 5.92 Å². The van der Waals surface area contributed by atoms with Crippen LogP contribution in [0.2, 0.25) is 0 Å². The molecule has 0 saturated heterocycles. The van der Waals surface area contributed by atoms with Gasteiger partial charge in [0.25, 0.3) is 0 Å². The van der Waals surface area contributed by atoms with Gasteiger partial charge in [-0.2, -0.15) is 0 Å². The van der Waals surface area contributed by atoms with Crippen molar-refractivity contribution in [3.63, 3.8) is 0 Å². The maximum absolute atomic E-state index is 10.8. The number of carbonyl (C=O) groups excluding carboxylic acids is 1. The quantitative estimate of drug-likeness (QED) is 0.482. The zero-order valence-electron chi connectivity index (χ0n) is 7.82. The van der Waals surface area contributed by atoms with E-state index in [0.29, 0.717) is 0 Å². The van der Waals surface area contributed by atoms with Gasteiger partial charge in [-0.05, 0) is 0 Å². The molecule has 0 aliphatic rings.